The second-order valence-electron chi connectivity index (χ2n) is 6.05. The average molecular weight is 291 g/mol. The third kappa shape index (κ3) is 3.43. The Bertz CT molecular complexity index is 570. The van der Waals surface area contributed by atoms with Crippen LogP contribution in [0, 0.1) is 17.8 Å². The van der Waals surface area contributed by atoms with Gasteiger partial charge in [0.2, 0.25) is 0 Å². The molecule has 108 valence electrons. The molecule has 1 aromatic heterocycles. The van der Waals surface area contributed by atoms with E-state index in [1.807, 2.05) is 30.5 Å². The molecule has 0 spiro atoms. The van der Waals surface area contributed by atoms with Gasteiger partial charge < -0.3 is 5.32 Å². The largest absolute Gasteiger partial charge is 0.384 e. The first kappa shape index (κ1) is 15.1. The van der Waals surface area contributed by atoms with Gasteiger partial charge in [-0.1, -0.05) is 39.3 Å². The van der Waals surface area contributed by atoms with E-state index in [0.717, 1.165) is 28.2 Å². The van der Waals surface area contributed by atoms with Crippen molar-refractivity contribution in [3.63, 3.8) is 0 Å². The number of hydrogen-bond acceptors (Lipinski definition) is 2. The molecule has 0 aliphatic rings. The van der Waals surface area contributed by atoms with E-state index >= 15 is 0 Å². The predicted molar refractivity (Wildman–Crippen MR) is 88.4 cm³/mol. The Hall–Kier alpha value is -1.28. The lowest BCUT2D eigenvalue weighted by molar-refractivity contribution is 0.304. The van der Waals surface area contributed by atoms with Gasteiger partial charge in [0.25, 0.3) is 0 Å². The number of halogens is 1. The number of anilines is 1. The van der Waals surface area contributed by atoms with Crippen LogP contribution in [0.2, 0.25) is 5.02 Å². The summed E-state index contributed by atoms with van der Waals surface area (Å²) >= 11 is 6.02. The lowest BCUT2D eigenvalue weighted by atomic mass is 9.85. The number of nitrogens with one attached hydrogen (secondary N) is 1. The van der Waals surface area contributed by atoms with Crippen LogP contribution >= 0.6 is 11.6 Å². The molecular weight excluding hydrogens is 268 g/mol. The fourth-order valence-electron chi connectivity index (χ4n) is 2.74. The van der Waals surface area contributed by atoms with Gasteiger partial charge in [-0.25, -0.2) is 0 Å². The number of pyridine rings is 1. The number of aromatic nitrogens is 1. The van der Waals surface area contributed by atoms with E-state index in [0.29, 0.717) is 17.8 Å². The van der Waals surface area contributed by atoms with E-state index in [1.54, 1.807) is 0 Å². The van der Waals surface area contributed by atoms with Crippen molar-refractivity contribution in [1.29, 1.82) is 0 Å². The second-order valence-corrected chi connectivity index (χ2v) is 6.49. The Balaban J connectivity index is 2.21. The molecule has 1 aromatic carbocycles. The summed E-state index contributed by atoms with van der Waals surface area (Å²) in [5.41, 5.74) is 2.08. The second kappa shape index (κ2) is 6.45. The van der Waals surface area contributed by atoms with Crippen LogP contribution in [0.15, 0.2) is 30.5 Å². The molecular formula is C17H23ClN2. The van der Waals surface area contributed by atoms with Gasteiger partial charge in [-0.3, -0.25) is 4.98 Å². The van der Waals surface area contributed by atoms with E-state index in [1.165, 1.54) is 0 Å². The van der Waals surface area contributed by atoms with Crippen molar-refractivity contribution >= 4 is 28.2 Å². The normalized spacial score (nSPS) is 11.8. The number of fused-ring (bicyclic) bond motifs is 1. The maximum Gasteiger partial charge on any atom is 0.0737 e. The van der Waals surface area contributed by atoms with Crippen LogP contribution < -0.4 is 5.32 Å². The maximum atomic E-state index is 6.02. The highest BCUT2D eigenvalue weighted by molar-refractivity contribution is 6.31. The zero-order valence-corrected chi connectivity index (χ0v) is 13.4. The number of nitrogens with zero attached hydrogens (tertiary/aromatic N) is 1. The van der Waals surface area contributed by atoms with E-state index in [4.69, 9.17) is 11.6 Å². The van der Waals surface area contributed by atoms with Crippen molar-refractivity contribution in [2.75, 3.05) is 11.9 Å². The van der Waals surface area contributed by atoms with Gasteiger partial charge in [-0.05, 0) is 42.0 Å². The molecule has 0 radical (unpaired) electrons. The number of rotatable bonds is 5. The molecule has 3 heteroatoms. The minimum absolute atomic E-state index is 0.658. The van der Waals surface area contributed by atoms with Crippen LogP contribution in [-0.4, -0.2) is 11.5 Å². The van der Waals surface area contributed by atoms with Crippen molar-refractivity contribution in [3.05, 3.63) is 35.5 Å². The lowest BCUT2D eigenvalue weighted by Gasteiger charge is -2.25. The fraction of sp³-hybridized carbons (Fsp3) is 0.471. The summed E-state index contributed by atoms with van der Waals surface area (Å²) in [6.07, 6.45) is 1.83. The minimum atomic E-state index is 0.658. The monoisotopic (exact) mass is 290 g/mol. The molecule has 0 saturated heterocycles. The average Bonchev–Trinajstić information content (AvgIpc) is 2.37. The smallest absolute Gasteiger partial charge is 0.0737 e. The van der Waals surface area contributed by atoms with Crippen LogP contribution in [-0.2, 0) is 0 Å². The zero-order chi connectivity index (χ0) is 14.7. The Kier molecular flexibility index (Phi) is 4.87. The molecule has 1 N–H and O–H groups in total. The SMILES string of the molecule is CC(C)C(CNc1ccnc2cc(Cl)ccc12)C(C)C. The summed E-state index contributed by atoms with van der Waals surface area (Å²) in [5.74, 6) is 2.00. The first-order valence-corrected chi connectivity index (χ1v) is 7.65. The van der Waals surface area contributed by atoms with E-state index < -0.39 is 0 Å². The third-order valence-electron chi connectivity index (χ3n) is 3.95. The summed E-state index contributed by atoms with van der Waals surface area (Å²) in [6.45, 7) is 10.1. The summed E-state index contributed by atoms with van der Waals surface area (Å²) in [7, 11) is 0. The van der Waals surface area contributed by atoms with Gasteiger partial charge in [0.1, 0.15) is 0 Å². The van der Waals surface area contributed by atoms with E-state index in [9.17, 15) is 0 Å². The van der Waals surface area contributed by atoms with Crippen LogP contribution in [0.25, 0.3) is 10.9 Å². The van der Waals surface area contributed by atoms with Gasteiger partial charge in [-0.2, -0.15) is 0 Å². The van der Waals surface area contributed by atoms with Gasteiger partial charge in [0, 0.05) is 28.8 Å². The van der Waals surface area contributed by atoms with Gasteiger partial charge in [-0.15, -0.1) is 0 Å². The molecule has 0 aliphatic heterocycles. The Labute approximate surface area is 126 Å². The van der Waals surface area contributed by atoms with Crippen molar-refractivity contribution in [3.8, 4) is 0 Å². The molecule has 20 heavy (non-hydrogen) atoms. The number of benzene rings is 1. The summed E-state index contributed by atoms with van der Waals surface area (Å²) < 4.78 is 0. The Morgan fingerprint density at radius 1 is 1.10 bits per heavy atom. The Morgan fingerprint density at radius 2 is 1.80 bits per heavy atom. The molecule has 2 rings (SSSR count). The predicted octanol–water partition coefficient (Wildman–Crippen LogP) is 5.23. The molecule has 0 amide bonds. The van der Waals surface area contributed by atoms with Crippen molar-refractivity contribution in [2.45, 2.75) is 27.7 Å². The van der Waals surface area contributed by atoms with Crippen LogP contribution in [0.4, 0.5) is 5.69 Å². The van der Waals surface area contributed by atoms with E-state index in [-0.39, 0.29) is 0 Å². The fourth-order valence-corrected chi connectivity index (χ4v) is 2.91. The summed E-state index contributed by atoms with van der Waals surface area (Å²) in [6, 6.07) is 7.89. The summed E-state index contributed by atoms with van der Waals surface area (Å²) in [4.78, 5) is 4.38. The topological polar surface area (TPSA) is 24.9 Å². The molecule has 0 bridgehead atoms. The van der Waals surface area contributed by atoms with Crippen molar-refractivity contribution in [2.24, 2.45) is 17.8 Å². The molecule has 0 fully saturated rings. The number of hydrogen-bond donors (Lipinski definition) is 1. The first-order chi connectivity index (χ1) is 9.49. The van der Waals surface area contributed by atoms with Crippen LogP contribution in [0.1, 0.15) is 27.7 Å². The maximum absolute atomic E-state index is 6.02. The van der Waals surface area contributed by atoms with Crippen LogP contribution in [0.5, 0.6) is 0 Å². The molecule has 0 atom stereocenters. The molecule has 0 aliphatic carbocycles. The standard InChI is InChI=1S/C17H23ClN2/c1-11(2)15(12(3)4)10-20-16-7-8-19-17-9-13(18)5-6-14(16)17/h5-9,11-12,15H,10H2,1-4H3,(H,19,20). The van der Waals surface area contributed by atoms with Gasteiger partial charge in [0.15, 0.2) is 0 Å². The van der Waals surface area contributed by atoms with Crippen LogP contribution in [0.3, 0.4) is 0 Å². The molecule has 2 aromatic rings. The Morgan fingerprint density at radius 3 is 2.45 bits per heavy atom. The molecule has 2 nitrogen and oxygen atoms in total. The quantitative estimate of drug-likeness (QED) is 0.816. The molecule has 1 heterocycles. The highest BCUT2D eigenvalue weighted by Gasteiger charge is 2.17. The molecule has 0 saturated carbocycles. The van der Waals surface area contributed by atoms with Gasteiger partial charge >= 0.3 is 0 Å². The third-order valence-corrected chi connectivity index (χ3v) is 4.18. The van der Waals surface area contributed by atoms with Crippen molar-refractivity contribution in [1.82, 2.24) is 4.98 Å². The minimum Gasteiger partial charge on any atom is -0.384 e. The molecule has 0 unspecified atom stereocenters. The summed E-state index contributed by atoms with van der Waals surface area (Å²) in [5, 5.41) is 5.44. The van der Waals surface area contributed by atoms with Gasteiger partial charge in [0.05, 0.1) is 5.52 Å². The van der Waals surface area contributed by atoms with Crippen molar-refractivity contribution < 1.29 is 0 Å². The zero-order valence-electron chi connectivity index (χ0n) is 12.7. The first-order valence-electron chi connectivity index (χ1n) is 7.27. The highest BCUT2D eigenvalue weighted by Crippen LogP contribution is 2.26. The highest BCUT2D eigenvalue weighted by atomic mass is 35.5. The lowest BCUT2D eigenvalue weighted by Crippen LogP contribution is -2.24. The van der Waals surface area contributed by atoms with E-state index in [2.05, 4.69) is 38.0 Å².